The number of fused-ring (bicyclic) bond motifs is 2. The minimum atomic E-state index is 0.168. The summed E-state index contributed by atoms with van der Waals surface area (Å²) >= 11 is 0. The number of carbonyl (C=O) groups is 1. The lowest BCUT2D eigenvalue weighted by Crippen LogP contribution is -2.38. The van der Waals surface area contributed by atoms with Crippen molar-refractivity contribution < 1.29 is 9.42 Å². The molecule has 1 aliphatic rings. The van der Waals surface area contributed by atoms with E-state index in [4.69, 9.17) is 9.73 Å². The molecule has 1 aromatic carbocycles. The smallest absolute Gasteiger partial charge is 0.226 e. The van der Waals surface area contributed by atoms with Crippen molar-refractivity contribution in [1.82, 2.24) is 29.9 Å². The number of rotatable bonds is 6. The molecule has 4 rings (SSSR count). The van der Waals surface area contributed by atoms with Crippen molar-refractivity contribution in [1.29, 1.82) is 0 Å². The van der Waals surface area contributed by atoms with Crippen LogP contribution in [-0.4, -0.2) is 49.4 Å². The first-order valence-corrected chi connectivity index (χ1v) is 9.46. The zero-order chi connectivity index (χ0) is 19.5. The van der Waals surface area contributed by atoms with Crippen molar-refractivity contribution >= 4 is 16.9 Å². The van der Waals surface area contributed by atoms with E-state index in [1.165, 1.54) is 0 Å². The van der Waals surface area contributed by atoms with Crippen LogP contribution in [-0.2, 0) is 31.0 Å². The van der Waals surface area contributed by atoms with Gasteiger partial charge in [0.15, 0.2) is 0 Å². The molecule has 0 unspecified atom stereocenters. The molecule has 28 heavy (non-hydrogen) atoms. The van der Waals surface area contributed by atoms with Crippen molar-refractivity contribution in [2.75, 3.05) is 13.6 Å². The number of benzene rings is 1. The fourth-order valence-corrected chi connectivity index (χ4v) is 3.53. The van der Waals surface area contributed by atoms with Crippen LogP contribution in [0.4, 0.5) is 0 Å². The third kappa shape index (κ3) is 3.96. The van der Waals surface area contributed by atoms with E-state index in [1.54, 1.807) is 0 Å². The minimum absolute atomic E-state index is 0.168. The van der Waals surface area contributed by atoms with Crippen LogP contribution in [0.2, 0.25) is 0 Å². The predicted octanol–water partition coefficient (Wildman–Crippen LogP) is 2.36. The molecule has 0 fully saturated rings. The average Bonchev–Trinajstić information content (AvgIpc) is 3.30. The molecule has 0 spiro atoms. The monoisotopic (exact) mass is 380 g/mol. The van der Waals surface area contributed by atoms with E-state index < -0.39 is 0 Å². The predicted molar refractivity (Wildman–Crippen MR) is 104 cm³/mol. The van der Waals surface area contributed by atoms with E-state index in [0.717, 1.165) is 47.6 Å². The molecular weight excluding hydrogens is 356 g/mol. The molecule has 3 heterocycles. The van der Waals surface area contributed by atoms with Gasteiger partial charge in [0, 0.05) is 26.1 Å². The highest BCUT2D eigenvalue weighted by atomic mass is 16.6. The van der Waals surface area contributed by atoms with Gasteiger partial charge in [0.2, 0.25) is 5.91 Å². The third-order valence-electron chi connectivity index (χ3n) is 4.93. The van der Waals surface area contributed by atoms with Crippen molar-refractivity contribution in [3.63, 3.8) is 0 Å². The van der Waals surface area contributed by atoms with E-state index in [0.29, 0.717) is 19.5 Å². The first-order valence-electron chi connectivity index (χ1n) is 9.46. The topological polar surface area (TPSA) is 80.3 Å². The van der Waals surface area contributed by atoms with Crippen LogP contribution in [0.1, 0.15) is 30.3 Å². The maximum Gasteiger partial charge on any atom is 0.226 e. The van der Waals surface area contributed by atoms with E-state index >= 15 is 0 Å². The lowest BCUT2D eigenvalue weighted by atomic mass is 10.2. The average molecular weight is 380 g/mol. The second kappa shape index (κ2) is 7.93. The first kappa shape index (κ1) is 18.4. The summed E-state index contributed by atoms with van der Waals surface area (Å²) in [4.78, 5) is 16.4. The van der Waals surface area contributed by atoms with Crippen LogP contribution >= 0.6 is 0 Å². The van der Waals surface area contributed by atoms with E-state index in [9.17, 15) is 4.79 Å². The molecule has 146 valence electrons. The standard InChI is InChI=1S/C20H24N6O2/c1-3-4-5-20(27)25-8-9-26-17(14-25)11-16(21-26)13-24(2)12-15-6-7-18-19(10-15)23-28-22-18/h3-4,6-7,10-11H,5,8-9,12-14H2,1-2H3. The normalized spacial score (nSPS) is 14.3. The third-order valence-corrected chi connectivity index (χ3v) is 4.93. The van der Waals surface area contributed by atoms with Crippen LogP contribution in [0.15, 0.2) is 41.0 Å². The molecule has 3 aromatic rings. The summed E-state index contributed by atoms with van der Waals surface area (Å²) in [6.07, 6.45) is 4.28. The Morgan fingerprint density at radius 3 is 2.93 bits per heavy atom. The van der Waals surface area contributed by atoms with Gasteiger partial charge in [-0.2, -0.15) is 5.10 Å². The van der Waals surface area contributed by atoms with Crippen molar-refractivity contribution in [3.8, 4) is 0 Å². The Bertz CT molecular complexity index is 1010. The summed E-state index contributed by atoms with van der Waals surface area (Å²) in [7, 11) is 2.07. The van der Waals surface area contributed by atoms with Gasteiger partial charge in [-0.05, 0) is 48.0 Å². The molecular formula is C20H24N6O2. The molecule has 0 saturated carbocycles. The Morgan fingerprint density at radius 2 is 2.07 bits per heavy atom. The molecule has 8 nitrogen and oxygen atoms in total. The number of nitrogens with zero attached hydrogens (tertiary/aromatic N) is 6. The Labute approximate surface area is 163 Å². The molecule has 0 N–H and O–H groups in total. The maximum atomic E-state index is 12.2. The van der Waals surface area contributed by atoms with Crippen molar-refractivity contribution in [2.45, 2.75) is 39.5 Å². The second-order valence-electron chi connectivity index (χ2n) is 7.20. The molecule has 8 heteroatoms. The molecule has 1 amide bonds. The zero-order valence-electron chi connectivity index (χ0n) is 16.2. The largest absolute Gasteiger partial charge is 0.335 e. The highest BCUT2D eigenvalue weighted by molar-refractivity contribution is 5.77. The summed E-state index contributed by atoms with van der Waals surface area (Å²) in [5.41, 5.74) is 4.80. The molecule has 1 aliphatic heterocycles. The van der Waals surface area contributed by atoms with Crippen LogP contribution in [0.3, 0.4) is 0 Å². The van der Waals surface area contributed by atoms with Crippen LogP contribution in [0.25, 0.3) is 11.0 Å². The Balaban J connectivity index is 1.38. The minimum Gasteiger partial charge on any atom is -0.335 e. The Morgan fingerprint density at radius 1 is 1.21 bits per heavy atom. The number of hydrogen-bond acceptors (Lipinski definition) is 6. The number of aromatic nitrogens is 4. The molecule has 0 aliphatic carbocycles. The number of hydrogen-bond donors (Lipinski definition) is 0. The Hall–Kier alpha value is -3.00. The van der Waals surface area contributed by atoms with Crippen molar-refractivity contribution in [2.24, 2.45) is 0 Å². The van der Waals surface area contributed by atoms with Crippen LogP contribution < -0.4 is 0 Å². The van der Waals surface area contributed by atoms with E-state index in [1.807, 2.05) is 46.9 Å². The van der Waals surface area contributed by atoms with Gasteiger partial charge < -0.3 is 4.90 Å². The lowest BCUT2D eigenvalue weighted by Gasteiger charge is -2.27. The van der Waals surface area contributed by atoms with Gasteiger partial charge in [0.05, 0.1) is 24.5 Å². The van der Waals surface area contributed by atoms with E-state index in [-0.39, 0.29) is 5.91 Å². The van der Waals surface area contributed by atoms with Gasteiger partial charge in [-0.1, -0.05) is 18.2 Å². The molecule has 2 aromatic heterocycles. The summed E-state index contributed by atoms with van der Waals surface area (Å²) < 4.78 is 6.78. The van der Waals surface area contributed by atoms with Gasteiger partial charge in [0.1, 0.15) is 11.0 Å². The quantitative estimate of drug-likeness (QED) is 0.611. The van der Waals surface area contributed by atoms with E-state index in [2.05, 4.69) is 28.3 Å². The lowest BCUT2D eigenvalue weighted by molar-refractivity contribution is -0.131. The summed E-state index contributed by atoms with van der Waals surface area (Å²) in [6.45, 7) is 5.54. The van der Waals surface area contributed by atoms with Gasteiger partial charge in [-0.15, -0.1) is 0 Å². The van der Waals surface area contributed by atoms with Crippen molar-refractivity contribution in [3.05, 3.63) is 53.4 Å². The van der Waals surface area contributed by atoms with Crippen LogP contribution in [0, 0.1) is 0 Å². The highest BCUT2D eigenvalue weighted by Gasteiger charge is 2.21. The summed E-state index contributed by atoms with van der Waals surface area (Å²) in [5, 5.41) is 12.4. The highest BCUT2D eigenvalue weighted by Crippen LogP contribution is 2.17. The summed E-state index contributed by atoms with van der Waals surface area (Å²) in [6, 6.07) is 8.06. The molecule has 0 saturated heterocycles. The first-order chi connectivity index (χ1) is 13.6. The van der Waals surface area contributed by atoms with Gasteiger partial charge in [-0.3, -0.25) is 14.4 Å². The summed E-state index contributed by atoms with van der Waals surface area (Å²) in [5.74, 6) is 0.168. The molecule has 0 bridgehead atoms. The fourth-order valence-electron chi connectivity index (χ4n) is 3.53. The number of amides is 1. The maximum absolute atomic E-state index is 12.2. The molecule has 0 radical (unpaired) electrons. The SMILES string of the molecule is CC=CCC(=O)N1CCn2nc(CN(C)Cc3ccc4nonc4c3)cc2C1. The number of carbonyl (C=O) groups excluding carboxylic acids is 1. The van der Waals surface area contributed by atoms with Gasteiger partial charge in [-0.25, -0.2) is 4.63 Å². The van der Waals surface area contributed by atoms with Gasteiger partial charge in [0.25, 0.3) is 0 Å². The Kier molecular flexibility index (Phi) is 5.21. The number of allylic oxidation sites excluding steroid dienone is 1. The zero-order valence-corrected chi connectivity index (χ0v) is 16.2. The molecule has 0 atom stereocenters. The van der Waals surface area contributed by atoms with Gasteiger partial charge >= 0.3 is 0 Å². The second-order valence-corrected chi connectivity index (χ2v) is 7.20. The van der Waals surface area contributed by atoms with Crippen LogP contribution in [0.5, 0.6) is 0 Å². The fraction of sp³-hybridized carbons (Fsp3) is 0.400.